The first kappa shape index (κ1) is 11.1. The molecule has 1 heterocycles. The van der Waals surface area contributed by atoms with Crippen LogP contribution in [0.3, 0.4) is 0 Å². The molecule has 0 fully saturated rings. The van der Waals surface area contributed by atoms with E-state index in [4.69, 9.17) is 16.0 Å². The predicted molar refractivity (Wildman–Crippen MR) is 62.4 cm³/mol. The van der Waals surface area contributed by atoms with Crippen molar-refractivity contribution in [3.05, 3.63) is 35.2 Å². The molecule has 1 N–H and O–H groups in total. The van der Waals surface area contributed by atoms with Crippen LogP contribution in [0.15, 0.2) is 28.7 Å². The Morgan fingerprint density at radius 1 is 1.31 bits per heavy atom. The first-order valence-corrected chi connectivity index (χ1v) is 5.41. The largest absolute Gasteiger partial charge is 0.421 e. The van der Waals surface area contributed by atoms with Gasteiger partial charge < -0.3 is 9.73 Å². The van der Waals surface area contributed by atoms with Crippen LogP contribution in [0.1, 0.15) is 5.89 Å². The van der Waals surface area contributed by atoms with E-state index >= 15 is 0 Å². The van der Waals surface area contributed by atoms with Gasteiger partial charge in [0, 0.05) is 13.0 Å². The van der Waals surface area contributed by atoms with Crippen LogP contribution in [-0.2, 0) is 6.42 Å². The number of hydrogen-bond donors (Lipinski definition) is 1. The molecule has 0 unspecified atom stereocenters. The number of halogens is 1. The lowest BCUT2D eigenvalue weighted by molar-refractivity contribution is 0.500. The van der Waals surface area contributed by atoms with Crippen molar-refractivity contribution in [2.75, 3.05) is 13.6 Å². The second-order valence-corrected chi connectivity index (χ2v) is 3.74. The SMILES string of the molecule is CNCCc1nnc(-c2ccccc2Cl)o1. The highest BCUT2D eigenvalue weighted by Crippen LogP contribution is 2.26. The van der Waals surface area contributed by atoms with E-state index in [2.05, 4.69) is 15.5 Å². The summed E-state index contributed by atoms with van der Waals surface area (Å²) in [5.41, 5.74) is 0.771. The fourth-order valence-corrected chi connectivity index (χ4v) is 1.55. The molecule has 0 aliphatic rings. The monoisotopic (exact) mass is 237 g/mol. The molecule has 2 rings (SSSR count). The average Bonchev–Trinajstić information content (AvgIpc) is 2.75. The predicted octanol–water partition coefficient (Wildman–Crippen LogP) is 2.15. The zero-order valence-corrected chi connectivity index (χ0v) is 9.66. The van der Waals surface area contributed by atoms with E-state index in [1.54, 1.807) is 6.07 Å². The van der Waals surface area contributed by atoms with Crippen molar-refractivity contribution in [1.29, 1.82) is 0 Å². The molecule has 0 aliphatic carbocycles. The quantitative estimate of drug-likeness (QED) is 0.885. The summed E-state index contributed by atoms with van der Waals surface area (Å²) in [6.45, 7) is 0.810. The summed E-state index contributed by atoms with van der Waals surface area (Å²) in [7, 11) is 1.88. The highest BCUT2D eigenvalue weighted by atomic mass is 35.5. The van der Waals surface area contributed by atoms with Crippen molar-refractivity contribution in [2.45, 2.75) is 6.42 Å². The summed E-state index contributed by atoms with van der Waals surface area (Å²) in [6, 6.07) is 7.41. The molecule has 16 heavy (non-hydrogen) atoms. The molecule has 0 amide bonds. The Bertz CT molecular complexity index is 470. The maximum atomic E-state index is 6.03. The van der Waals surface area contributed by atoms with Crippen molar-refractivity contribution in [3.63, 3.8) is 0 Å². The van der Waals surface area contributed by atoms with Crippen molar-refractivity contribution < 1.29 is 4.42 Å². The van der Waals surface area contributed by atoms with Crippen molar-refractivity contribution in [3.8, 4) is 11.5 Å². The van der Waals surface area contributed by atoms with Gasteiger partial charge in [-0.15, -0.1) is 10.2 Å². The summed E-state index contributed by atoms with van der Waals surface area (Å²) in [4.78, 5) is 0. The Morgan fingerprint density at radius 2 is 2.12 bits per heavy atom. The zero-order chi connectivity index (χ0) is 11.4. The summed E-state index contributed by atoms with van der Waals surface area (Å²) in [5.74, 6) is 1.08. The number of hydrogen-bond acceptors (Lipinski definition) is 4. The normalized spacial score (nSPS) is 10.6. The van der Waals surface area contributed by atoms with Gasteiger partial charge in [-0.05, 0) is 19.2 Å². The molecule has 84 valence electrons. The highest BCUT2D eigenvalue weighted by molar-refractivity contribution is 6.33. The van der Waals surface area contributed by atoms with E-state index in [0.717, 1.165) is 12.1 Å². The molecule has 0 saturated heterocycles. The van der Waals surface area contributed by atoms with E-state index in [9.17, 15) is 0 Å². The molecule has 0 bridgehead atoms. The minimum Gasteiger partial charge on any atom is -0.421 e. The second-order valence-electron chi connectivity index (χ2n) is 3.33. The maximum absolute atomic E-state index is 6.03. The number of rotatable bonds is 4. The standard InChI is InChI=1S/C11H12ClN3O/c1-13-7-6-10-14-15-11(16-10)8-4-2-3-5-9(8)12/h2-5,13H,6-7H2,1H3. The number of nitrogens with one attached hydrogen (secondary N) is 1. The molecule has 1 aromatic carbocycles. The summed E-state index contributed by atoms with van der Waals surface area (Å²) in [5, 5.41) is 11.6. The van der Waals surface area contributed by atoms with Crippen LogP contribution in [0.4, 0.5) is 0 Å². The molecule has 0 radical (unpaired) electrons. The number of likely N-dealkylation sites (N-methyl/N-ethyl adjacent to an activating group) is 1. The summed E-state index contributed by atoms with van der Waals surface area (Å²) < 4.78 is 5.51. The lowest BCUT2D eigenvalue weighted by atomic mass is 10.2. The first-order chi connectivity index (χ1) is 7.81. The number of nitrogens with zero attached hydrogens (tertiary/aromatic N) is 2. The van der Waals surface area contributed by atoms with E-state index in [-0.39, 0.29) is 0 Å². The van der Waals surface area contributed by atoms with Crippen molar-refractivity contribution in [2.24, 2.45) is 0 Å². The van der Waals surface area contributed by atoms with Gasteiger partial charge in [0.05, 0.1) is 10.6 Å². The molecule has 4 nitrogen and oxygen atoms in total. The Kier molecular flexibility index (Phi) is 3.54. The lowest BCUT2D eigenvalue weighted by Crippen LogP contribution is -2.10. The van der Waals surface area contributed by atoms with Gasteiger partial charge in [0.2, 0.25) is 11.8 Å². The van der Waals surface area contributed by atoms with E-state index in [1.165, 1.54) is 0 Å². The van der Waals surface area contributed by atoms with Gasteiger partial charge in [-0.3, -0.25) is 0 Å². The fraction of sp³-hybridized carbons (Fsp3) is 0.273. The van der Waals surface area contributed by atoms with Gasteiger partial charge in [-0.25, -0.2) is 0 Å². The molecule has 5 heteroatoms. The van der Waals surface area contributed by atoms with E-state index in [0.29, 0.717) is 23.2 Å². The number of benzene rings is 1. The molecule has 0 aliphatic heterocycles. The van der Waals surface area contributed by atoms with Gasteiger partial charge in [-0.2, -0.15) is 0 Å². The summed E-state index contributed by atoms with van der Waals surface area (Å²) in [6.07, 6.45) is 0.716. The van der Waals surface area contributed by atoms with E-state index in [1.807, 2.05) is 25.2 Å². The third-order valence-corrected chi connectivity index (χ3v) is 2.49. The van der Waals surface area contributed by atoms with Crippen molar-refractivity contribution >= 4 is 11.6 Å². The molecule has 0 atom stereocenters. The highest BCUT2D eigenvalue weighted by Gasteiger charge is 2.10. The second kappa shape index (κ2) is 5.09. The van der Waals surface area contributed by atoms with Crippen molar-refractivity contribution in [1.82, 2.24) is 15.5 Å². The van der Waals surface area contributed by atoms with Crippen LogP contribution < -0.4 is 5.32 Å². The Hall–Kier alpha value is -1.39. The third kappa shape index (κ3) is 2.40. The minimum atomic E-state index is 0.469. The molecule has 0 saturated carbocycles. The molecule has 1 aromatic heterocycles. The Balaban J connectivity index is 2.22. The Labute approximate surface area is 98.6 Å². The first-order valence-electron chi connectivity index (χ1n) is 5.03. The van der Waals surface area contributed by atoms with Gasteiger partial charge in [0.25, 0.3) is 0 Å². The van der Waals surface area contributed by atoms with Gasteiger partial charge >= 0.3 is 0 Å². The topological polar surface area (TPSA) is 51.0 Å². The van der Waals surface area contributed by atoms with E-state index < -0.39 is 0 Å². The lowest BCUT2D eigenvalue weighted by Gasteiger charge is -1.97. The molecular weight excluding hydrogens is 226 g/mol. The fourth-order valence-electron chi connectivity index (χ4n) is 1.33. The van der Waals surface area contributed by atoms with Gasteiger partial charge in [-0.1, -0.05) is 23.7 Å². The van der Waals surface area contributed by atoms with Crippen LogP contribution in [0.5, 0.6) is 0 Å². The van der Waals surface area contributed by atoms with Crippen LogP contribution in [-0.4, -0.2) is 23.8 Å². The zero-order valence-electron chi connectivity index (χ0n) is 8.90. The number of aromatic nitrogens is 2. The average molecular weight is 238 g/mol. The minimum absolute atomic E-state index is 0.469. The third-order valence-electron chi connectivity index (χ3n) is 2.16. The molecular formula is C11H12ClN3O. The van der Waals surface area contributed by atoms with Gasteiger partial charge in [0.1, 0.15) is 0 Å². The van der Waals surface area contributed by atoms with Crippen LogP contribution in [0.25, 0.3) is 11.5 Å². The van der Waals surface area contributed by atoms with Crippen LogP contribution in [0, 0.1) is 0 Å². The summed E-state index contributed by atoms with van der Waals surface area (Å²) >= 11 is 6.03. The maximum Gasteiger partial charge on any atom is 0.249 e. The van der Waals surface area contributed by atoms with Crippen LogP contribution in [0.2, 0.25) is 5.02 Å². The van der Waals surface area contributed by atoms with Crippen LogP contribution >= 0.6 is 11.6 Å². The smallest absolute Gasteiger partial charge is 0.249 e. The molecule has 2 aromatic rings. The van der Waals surface area contributed by atoms with Gasteiger partial charge in [0.15, 0.2) is 0 Å². The Morgan fingerprint density at radius 3 is 2.88 bits per heavy atom. The molecule has 0 spiro atoms.